The van der Waals surface area contributed by atoms with Gasteiger partial charge in [0.2, 0.25) is 9.84 Å². The van der Waals surface area contributed by atoms with Crippen molar-refractivity contribution in [1.29, 1.82) is 0 Å². The quantitative estimate of drug-likeness (QED) is 0.884. The lowest BCUT2D eigenvalue weighted by Gasteiger charge is -2.07. The van der Waals surface area contributed by atoms with Crippen LogP contribution in [0.5, 0.6) is 5.75 Å². The van der Waals surface area contributed by atoms with Gasteiger partial charge in [-0.25, -0.2) is 8.42 Å². The van der Waals surface area contributed by atoms with Gasteiger partial charge in [-0.1, -0.05) is 12.1 Å². The van der Waals surface area contributed by atoms with Crippen molar-refractivity contribution < 1.29 is 13.2 Å². The zero-order valence-electron chi connectivity index (χ0n) is 9.64. The molecule has 2 N–H and O–H groups in total. The Kier molecular flexibility index (Phi) is 3.22. The van der Waals surface area contributed by atoms with Crippen molar-refractivity contribution in [3.05, 3.63) is 28.7 Å². The van der Waals surface area contributed by atoms with E-state index in [1.54, 1.807) is 24.3 Å². The molecule has 92 valence electrons. The number of nitrogens with two attached hydrogens (primary N) is 1. The fourth-order valence-corrected chi connectivity index (χ4v) is 3.77. The van der Waals surface area contributed by atoms with Crippen LogP contribution in [0.3, 0.4) is 0 Å². The Morgan fingerprint density at radius 2 is 2.12 bits per heavy atom. The monoisotopic (exact) mass is 253 g/mol. The van der Waals surface area contributed by atoms with E-state index in [0.29, 0.717) is 35.6 Å². The minimum Gasteiger partial charge on any atom is -0.495 e. The SMILES string of the molecule is COc1cccc2c1S(=O)(=O)C(CCCN)=C2. The van der Waals surface area contributed by atoms with Gasteiger partial charge in [-0.3, -0.25) is 0 Å². The minimum absolute atomic E-state index is 0.287. The Balaban J connectivity index is 2.48. The van der Waals surface area contributed by atoms with Crippen LogP contribution >= 0.6 is 0 Å². The van der Waals surface area contributed by atoms with Gasteiger partial charge in [-0.15, -0.1) is 0 Å². The Morgan fingerprint density at radius 1 is 1.35 bits per heavy atom. The van der Waals surface area contributed by atoms with E-state index < -0.39 is 9.84 Å². The van der Waals surface area contributed by atoms with Crippen molar-refractivity contribution in [3.63, 3.8) is 0 Å². The number of hydrogen-bond donors (Lipinski definition) is 1. The van der Waals surface area contributed by atoms with E-state index in [1.165, 1.54) is 7.11 Å². The second-order valence-corrected chi connectivity index (χ2v) is 5.82. The number of allylic oxidation sites excluding steroid dienone is 1. The molecule has 0 saturated heterocycles. The van der Waals surface area contributed by atoms with Gasteiger partial charge >= 0.3 is 0 Å². The summed E-state index contributed by atoms with van der Waals surface area (Å²) >= 11 is 0. The molecule has 0 aliphatic carbocycles. The molecule has 0 radical (unpaired) electrons. The average molecular weight is 253 g/mol. The van der Waals surface area contributed by atoms with E-state index in [-0.39, 0.29) is 4.90 Å². The summed E-state index contributed by atoms with van der Waals surface area (Å²) in [5.74, 6) is 0.404. The highest BCUT2D eigenvalue weighted by Crippen LogP contribution is 2.40. The van der Waals surface area contributed by atoms with Gasteiger partial charge in [0.25, 0.3) is 0 Å². The Bertz CT molecular complexity index is 561. The molecular formula is C12H15NO3S. The first-order valence-electron chi connectivity index (χ1n) is 5.44. The number of ether oxygens (including phenoxy) is 1. The maximum absolute atomic E-state index is 12.3. The maximum atomic E-state index is 12.3. The molecule has 0 spiro atoms. The summed E-state index contributed by atoms with van der Waals surface area (Å²) in [5.41, 5.74) is 6.11. The molecule has 4 nitrogen and oxygen atoms in total. The molecule has 17 heavy (non-hydrogen) atoms. The Morgan fingerprint density at radius 3 is 2.76 bits per heavy atom. The maximum Gasteiger partial charge on any atom is 0.207 e. The third-order valence-electron chi connectivity index (χ3n) is 2.79. The van der Waals surface area contributed by atoms with Gasteiger partial charge in [-0.05, 0) is 37.1 Å². The summed E-state index contributed by atoms with van der Waals surface area (Å²) in [6.45, 7) is 0.486. The molecule has 0 amide bonds. The summed E-state index contributed by atoms with van der Waals surface area (Å²) in [6, 6.07) is 5.23. The summed E-state index contributed by atoms with van der Waals surface area (Å²) in [4.78, 5) is 0.719. The zero-order chi connectivity index (χ0) is 12.5. The predicted molar refractivity (Wildman–Crippen MR) is 66.4 cm³/mol. The van der Waals surface area contributed by atoms with Crippen molar-refractivity contribution in [3.8, 4) is 5.75 Å². The highest BCUT2D eigenvalue weighted by Gasteiger charge is 2.32. The summed E-state index contributed by atoms with van der Waals surface area (Å²) in [5, 5.41) is 0. The van der Waals surface area contributed by atoms with Crippen LogP contribution in [-0.2, 0) is 9.84 Å². The number of rotatable bonds is 4. The molecule has 1 heterocycles. The van der Waals surface area contributed by atoms with Crippen LogP contribution in [0, 0.1) is 0 Å². The summed E-state index contributed by atoms with van der Waals surface area (Å²) in [6.07, 6.45) is 2.86. The molecule has 0 saturated carbocycles. The van der Waals surface area contributed by atoms with E-state index in [4.69, 9.17) is 10.5 Å². The molecule has 2 rings (SSSR count). The third kappa shape index (κ3) is 1.96. The smallest absolute Gasteiger partial charge is 0.207 e. The predicted octanol–water partition coefficient (Wildman–Crippen LogP) is 1.56. The number of benzene rings is 1. The lowest BCUT2D eigenvalue weighted by Crippen LogP contribution is -2.05. The molecule has 0 bridgehead atoms. The molecule has 1 aromatic rings. The zero-order valence-corrected chi connectivity index (χ0v) is 10.5. The van der Waals surface area contributed by atoms with Gasteiger partial charge in [0.15, 0.2) is 0 Å². The third-order valence-corrected chi connectivity index (χ3v) is 4.77. The van der Waals surface area contributed by atoms with E-state index in [1.807, 2.05) is 0 Å². The van der Waals surface area contributed by atoms with Crippen molar-refractivity contribution in [2.75, 3.05) is 13.7 Å². The first kappa shape index (κ1) is 12.1. The molecule has 1 aliphatic heterocycles. The fraction of sp³-hybridized carbons (Fsp3) is 0.333. The molecule has 0 fully saturated rings. The van der Waals surface area contributed by atoms with Gasteiger partial charge < -0.3 is 10.5 Å². The van der Waals surface area contributed by atoms with E-state index in [0.717, 1.165) is 0 Å². The van der Waals surface area contributed by atoms with Crippen LogP contribution in [0.1, 0.15) is 18.4 Å². The van der Waals surface area contributed by atoms with Gasteiger partial charge in [0, 0.05) is 0 Å². The summed E-state index contributed by atoms with van der Waals surface area (Å²) < 4.78 is 29.7. The Labute approximate surface area is 101 Å². The lowest BCUT2D eigenvalue weighted by atomic mass is 10.2. The molecule has 1 aromatic carbocycles. The minimum atomic E-state index is -3.38. The summed E-state index contributed by atoms with van der Waals surface area (Å²) in [7, 11) is -1.91. The highest BCUT2D eigenvalue weighted by atomic mass is 32.2. The first-order valence-corrected chi connectivity index (χ1v) is 6.92. The molecule has 0 atom stereocenters. The highest BCUT2D eigenvalue weighted by molar-refractivity contribution is 7.96. The second kappa shape index (κ2) is 4.50. The lowest BCUT2D eigenvalue weighted by molar-refractivity contribution is 0.403. The van der Waals surface area contributed by atoms with Crippen LogP contribution in [0.15, 0.2) is 28.0 Å². The molecule has 0 aromatic heterocycles. The average Bonchev–Trinajstić information content (AvgIpc) is 2.58. The van der Waals surface area contributed by atoms with Crippen molar-refractivity contribution in [2.24, 2.45) is 5.73 Å². The van der Waals surface area contributed by atoms with Gasteiger partial charge in [-0.2, -0.15) is 0 Å². The van der Waals surface area contributed by atoms with Crippen LogP contribution in [0.2, 0.25) is 0 Å². The standard InChI is InChI=1S/C12H15NO3S/c1-16-11-6-2-4-9-8-10(5-3-7-13)17(14,15)12(9)11/h2,4,6,8H,3,5,7,13H2,1H3. The second-order valence-electron chi connectivity index (χ2n) is 3.88. The molecule has 0 unspecified atom stereocenters. The number of sulfone groups is 1. The van der Waals surface area contributed by atoms with E-state index >= 15 is 0 Å². The molecule has 5 heteroatoms. The Hall–Kier alpha value is -1.33. The molecule has 1 aliphatic rings. The van der Waals surface area contributed by atoms with Gasteiger partial charge in [0.05, 0.1) is 12.0 Å². The van der Waals surface area contributed by atoms with Crippen LogP contribution < -0.4 is 10.5 Å². The molecular weight excluding hydrogens is 238 g/mol. The normalized spacial score (nSPS) is 16.5. The first-order chi connectivity index (χ1) is 8.11. The number of fused-ring (bicyclic) bond motifs is 1. The van der Waals surface area contributed by atoms with Crippen LogP contribution in [-0.4, -0.2) is 22.1 Å². The van der Waals surface area contributed by atoms with E-state index in [2.05, 4.69) is 0 Å². The topological polar surface area (TPSA) is 69.4 Å². The van der Waals surface area contributed by atoms with Crippen LogP contribution in [0.25, 0.3) is 6.08 Å². The van der Waals surface area contributed by atoms with Crippen molar-refractivity contribution in [2.45, 2.75) is 17.7 Å². The number of hydrogen-bond acceptors (Lipinski definition) is 4. The van der Waals surface area contributed by atoms with Gasteiger partial charge in [0.1, 0.15) is 10.6 Å². The van der Waals surface area contributed by atoms with Crippen molar-refractivity contribution in [1.82, 2.24) is 0 Å². The van der Waals surface area contributed by atoms with E-state index in [9.17, 15) is 8.42 Å². The number of methoxy groups -OCH3 is 1. The largest absolute Gasteiger partial charge is 0.495 e. The van der Waals surface area contributed by atoms with Crippen LogP contribution in [0.4, 0.5) is 0 Å². The fourth-order valence-electron chi connectivity index (χ4n) is 1.96. The van der Waals surface area contributed by atoms with Crippen molar-refractivity contribution >= 4 is 15.9 Å².